The van der Waals surface area contributed by atoms with Crippen LogP contribution in [0.15, 0.2) is 66.7 Å². The van der Waals surface area contributed by atoms with Gasteiger partial charge in [0, 0.05) is 24.4 Å². The molecule has 0 unspecified atom stereocenters. The summed E-state index contributed by atoms with van der Waals surface area (Å²) >= 11 is 6.27. The molecule has 0 aliphatic heterocycles. The van der Waals surface area contributed by atoms with Crippen LogP contribution in [-0.4, -0.2) is 28.6 Å². The van der Waals surface area contributed by atoms with Gasteiger partial charge in [0.25, 0.3) is 0 Å². The quantitative estimate of drug-likeness (QED) is 0.321. The first kappa shape index (κ1) is 23.8. The van der Waals surface area contributed by atoms with Crippen molar-refractivity contribution in [2.45, 2.75) is 39.7 Å². The summed E-state index contributed by atoms with van der Waals surface area (Å²) in [6.07, 6.45) is 1.88. The number of halogens is 1. The van der Waals surface area contributed by atoms with Gasteiger partial charge in [0.2, 0.25) is 5.91 Å². The van der Waals surface area contributed by atoms with Crippen molar-refractivity contribution in [1.82, 2.24) is 14.9 Å². The highest BCUT2D eigenvalue weighted by Crippen LogP contribution is 2.26. The van der Waals surface area contributed by atoms with E-state index in [9.17, 15) is 4.79 Å². The number of aryl methyl sites for hydroxylation is 3. The molecule has 1 heterocycles. The van der Waals surface area contributed by atoms with Gasteiger partial charge in [-0.2, -0.15) is 0 Å². The number of hydrogen-bond acceptors (Lipinski definition) is 3. The van der Waals surface area contributed by atoms with E-state index >= 15 is 0 Å². The summed E-state index contributed by atoms with van der Waals surface area (Å²) in [5.41, 5.74) is 5.21. The van der Waals surface area contributed by atoms with Crippen LogP contribution in [0.25, 0.3) is 11.0 Å². The van der Waals surface area contributed by atoms with E-state index in [1.807, 2.05) is 74.5 Å². The molecule has 5 nitrogen and oxygen atoms in total. The van der Waals surface area contributed by atoms with Crippen LogP contribution in [0.3, 0.4) is 0 Å². The Hall–Kier alpha value is -3.31. The first-order chi connectivity index (χ1) is 16.5. The van der Waals surface area contributed by atoms with Crippen LogP contribution in [0.4, 0.5) is 0 Å². The number of imidazole rings is 1. The highest BCUT2D eigenvalue weighted by Gasteiger charge is 2.12. The Balaban J connectivity index is 1.35. The number of ether oxygens (including phenoxy) is 1. The van der Waals surface area contributed by atoms with Crippen molar-refractivity contribution in [3.63, 3.8) is 0 Å². The summed E-state index contributed by atoms with van der Waals surface area (Å²) < 4.78 is 8.22. The summed E-state index contributed by atoms with van der Waals surface area (Å²) in [6.45, 7) is 5.69. The number of aromatic nitrogens is 2. The SMILES string of the molecule is Cc1cc(OCCn2c(CCNC(=O)CCc3ccccc3)nc3ccccc32)cc(C)c1Cl. The van der Waals surface area contributed by atoms with E-state index in [1.54, 1.807) is 0 Å². The van der Waals surface area contributed by atoms with Crippen LogP contribution in [0.2, 0.25) is 5.02 Å². The average molecular weight is 476 g/mol. The molecule has 0 spiro atoms. The molecule has 1 N–H and O–H groups in total. The number of amides is 1. The van der Waals surface area contributed by atoms with E-state index in [4.69, 9.17) is 21.3 Å². The second-order valence-electron chi connectivity index (χ2n) is 8.47. The molecule has 34 heavy (non-hydrogen) atoms. The zero-order valence-electron chi connectivity index (χ0n) is 19.7. The molecule has 0 bridgehead atoms. The maximum Gasteiger partial charge on any atom is 0.220 e. The van der Waals surface area contributed by atoms with E-state index in [0.717, 1.165) is 45.2 Å². The molecule has 0 aliphatic carbocycles. The van der Waals surface area contributed by atoms with E-state index in [1.165, 1.54) is 5.56 Å². The predicted octanol–water partition coefficient (Wildman–Crippen LogP) is 5.68. The fourth-order valence-corrected chi connectivity index (χ4v) is 4.22. The van der Waals surface area contributed by atoms with Crippen molar-refractivity contribution in [1.29, 1.82) is 0 Å². The third-order valence-corrected chi connectivity index (χ3v) is 6.48. The summed E-state index contributed by atoms with van der Waals surface area (Å²) in [4.78, 5) is 17.1. The van der Waals surface area contributed by atoms with E-state index in [2.05, 4.69) is 16.0 Å². The van der Waals surface area contributed by atoms with E-state index < -0.39 is 0 Å². The van der Waals surface area contributed by atoms with Gasteiger partial charge >= 0.3 is 0 Å². The van der Waals surface area contributed by atoms with Crippen LogP contribution < -0.4 is 10.1 Å². The van der Waals surface area contributed by atoms with E-state index in [-0.39, 0.29) is 5.91 Å². The van der Waals surface area contributed by atoms with Gasteiger partial charge in [-0.15, -0.1) is 0 Å². The monoisotopic (exact) mass is 475 g/mol. The topological polar surface area (TPSA) is 56.1 Å². The Labute approximate surface area is 205 Å². The highest BCUT2D eigenvalue weighted by molar-refractivity contribution is 6.32. The number of hydrogen-bond donors (Lipinski definition) is 1. The van der Waals surface area contributed by atoms with Gasteiger partial charge in [0.1, 0.15) is 18.2 Å². The molecule has 0 saturated carbocycles. The Morgan fingerprint density at radius 2 is 1.71 bits per heavy atom. The fourth-order valence-electron chi connectivity index (χ4n) is 4.11. The average Bonchev–Trinajstić information content (AvgIpc) is 3.19. The summed E-state index contributed by atoms with van der Waals surface area (Å²) in [5.74, 6) is 1.82. The smallest absolute Gasteiger partial charge is 0.220 e. The Morgan fingerprint density at radius 3 is 2.47 bits per heavy atom. The van der Waals surface area contributed by atoms with E-state index in [0.29, 0.717) is 32.5 Å². The molecule has 0 atom stereocenters. The molecular formula is C28H30ClN3O2. The van der Waals surface area contributed by atoms with Gasteiger partial charge in [-0.05, 0) is 61.2 Å². The number of benzene rings is 3. The lowest BCUT2D eigenvalue weighted by atomic mass is 10.1. The lowest BCUT2D eigenvalue weighted by Crippen LogP contribution is -2.27. The number of nitrogens with one attached hydrogen (secondary N) is 1. The number of carbonyl (C=O) groups excluding carboxylic acids is 1. The summed E-state index contributed by atoms with van der Waals surface area (Å²) in [5, 5.41) is 3.82. The fraction of sp³-hybridized carbons (Fsp3) is 0.286. The molecule has 176 valence electrons. The molecule has 0 radical (unpaired) electrons. The van der Waals surface area contributed by atoms with Crippen molar-refractivity contribution < 1.29 is 9.53 Å². The van der Waals surface area contributed by atoms with Crippen LogP contribution in [0.5, 0.6) is 5.75 Å². The standard InChI is InChI=1S/C28H30ClN3O2/c1-20-18-23(19-21(2)28(20)29)34-17-16-32-25-11-7-6-10-24(25)31-26(32)14-15-30-27(33)13-12-22-8-4-3-5-9-22/h3-11,18-19H,12-17H2,1-2H3,(H,30,33). The van der Waals surface area contributed by atoms with Crippen molar-refractivity contribution in [3.05, 3.63) is 94.3 Å². The minimum atomic E-state index is 0.0586. The highest BCUT2D eigenvalue weighted by atomic mass is 35.5. The van der Waals surface area contributed by atoms with Crippen LogP contribution in [-0.2, 0) is 24.2 Å². The molecule has 6 heteroatoms. The molecular weight excluding hydrogens is 446 g/mol. The molecule has 4 aromatic rings. The number of para-hydroxylation sites is 2. The molecule has 1 amide bonds. The van der Waals surface area contributed by atoms with Crippen molar-refractivity contribution >= 4 is 28.5 Å². The third-order valence-electron chi connectivity index (χ3n) is 5.88. The normalized spacial score (nSPS) is 11.0. The molecule has 1 aromatic heterocycles. The maximum atomic E-state index is 12.3. The second-order valence-corrected chi connectivity index (χ2v) is 8.85. The minimum absolute atomic E-state index is 0.0586. The van der Waals surface area contributed by atoms with Gasteiger partial charge in [-0.3, -0.25) is 4.79 Å². The molecule has 0 saturated heterocycles. The van der Waals surface area contributed by atoms with Gasteiger partial charge in [-0.25, -0.2) is 4.98 Å². The first-order valence-corrected chi connectivity index (χ1v) is 12.0. The molecule has 0 aliphatic rings. The maximum absolute atomic E-state index is 12.3. The molecule has 3 aromatic carbocycles. The molecule has 4 rings (SSSR count). The van der Waals surface area contributed by atoms with Crippen LogP contribution >= 0.6 is 11.6 Å². The number of rotatable bonds is 10. The Morgan fingerprint density at radius 1 is 1.00 bits per heavy atom. The van der Waals surface area contributed by atoms with Gasteiger partial charge in [0.15, 0.2) is 0 Å². The van der Waals surface area contributed by atoms with Crippen LogP contribution in [0.1, 0.15) is 28.9 Å². The lowest BCUT2D eigenvalue weighted by molar-refractivity contribution is -0.121. The van der Waals surface area contributed by atoms with Crippen molar-refractivity contribution in [2.24, 2.45) is 0 Å². The number of carbonyl (C=O) groups is 1. The van der Waals surface area contributed by atoms with Crippen LogP contribution in [0, 0.1) is 13.8 Å². The van der Waals surface area contributed by atoms with Gasteiger partial charge in [-0.1, -0.05) is 54.1 Å². The summed E-state index contributed by atoms with van der Waals surface area (Å²) in [7, 11) is 0. The number of fused-ring (bicyclic) bond motifs is 1. The second kappa shape index (κ2) is 11.2. The minimum Gasteiger partial charge on any atom is -0.492 e. The predicted molar refractivity (Wildman–Crippen MR) is 138 cm³/mol. The Kier molecular flexibility index (Phi) is 7.86. The Bertz CT molecular complexity index is 1240. The zero-order chi connectivity index (χ0) is 23.9. The zero-order valence-corrected chi connectivity index (χ0v) is 20.4. The van der Waals surface area contributed by atoms with Gasteiger partial charge in [0.05, 0.1) is 17.6 Å². The summed E-state index contributed by atoms with van der Waals surface area (Å²) in [6, 6.07) is 22.1. The first-order valence-electron chi connectivity index (χ1n) is 11.7. The largest absolute Gasteiger partial charge is 0.492 e. The molecule has 0 fully saturated rings. The number of nitrogens with zero attached hydrogens (tertiary/aromatic N) is 2. The van der Waals surface area contributed by atoms with Crippen molar-refractivity contribution in [3.8, 4) is 5.75 Å². The third kappa shape index (κ3) is 5.97. The van der Waals surface area contributed by atoms with Crippen molar-refractivity contribution in [2.75, 3.05) is 13.2 Å². The van der Waals surface area contributed by atoms with Gasteiger partial charge < -0.3 is 14.6 Å². The lowest BCUT2D eigenvalue weighted by Gasteiger charge is -2.13.